The fraction of sp³-hybridized carbons (Fsp3) is 0.962. The lowest BCUT2D eigenvalue weighted by Crippen LogP contribution is -2.80. The van der Waals surface area contributed by atoms with Crippen molar-refractivity contribution in [3.05, 3.63) is 0 Å². The van der Waals surface area contributed by atoms with Crippen LogP contribution in [0.15, 0.2) is 0 Å². The van der Waals surface area contributed by atoms with Crippen molar-refractivity contribution in [2.45, 2.75) is 129 Å². The van der Waals surface area contributed by atoms with Gasteiger partial charge in [-0.25, -0.2) is 0 Å². The maximum atomic E-state index is 11.7. The van der Waals surface area contributed by atoms with Crippen molar-refractivity contribution in [2.24, 2.45) is 11.5 Å². The Kier molecular flexibility index (Phi) is 13.1. The maximum Gasteiger partial charge on any atom is 0.217 e. The van der Waals surface area contributed by atoms with Gasteiger partial charge >= 0.3 is 0 Å². The van der Waals surface area contributed by atoms with Crippen LogP contribution in [0.5, 0.6) is 0 Å². The van der Waals surface area contributed by atoms with Gasteiger partial charge in [-0.2, -0.15) is 0 Å². The summed E-state index contributed by atoms with van der Waals surface area (Å²) in [7, 11) is 0. The number of carbonyl (C=O) groups is 1. The number of ether oxygens (including phenoxy) is 6. The summed E-state index contributed by atoms with van der Waals surface area (Å²) < 4.78 is 33.4. The first-order chi connectivity index (χ1) is 22.6. The minimum Gasteiger partial charge on any atom is -0.394 e. The van der Waals surface area contributed by atoms with E-state index in [4.69, 9.17) is 39.9 Å². The van der Waals surface area contributed by atoms with Crippen LogP contribution in [0, 0.1) is 0 Å². The maximum absolute atomic E-state index is 11.7. The Morgan fingerprint density at radius 2 is 1.21 bits per heavy atom. The van der Waals surface area contributed by atoms with E-state index in [2.05, 4.69) is 5.32 Å². The Morgan fingerprint density at radius 1 is 0.688 bits per heavy atom. The Morgan fingerprint density at radius 3 is 1.75 bits per heavy atom. The average molecular weight is 706 g/mol. The molecule has 0 aromatic heterocycles. The summed E-state index contributed by atoms with van der Waals surface area (Å²) in [4.78, 5) is 11.7. The van der Waals surface area contributed by atoms with Gasteiger partial charge in [-0.15, -0.1) is 0 Å². The van der Waals surface area contributed by atoms with E-state index >= 15 is 0 Å². The van der Waals surface area contributed by atoms with E-state index in [1.165, 1.54) is 0 Å². The van der Waals surface area contributed by atoms with E-state index in [0.717, 1.165) is 6.92 Å². The zero-order chi connectivity index (χ0) is 35.8. The standard InChI is InChI=1S/C26H47N3O19/c1-6(34)29-13-21(40)26(42,10(5-33)46-23(13)41)22-11(27)15(36)19(8(3-31)43-22)47-24-12(28)16(37)20(9(4-32)45-24)48-25-18(39)17(38)14(35)7(2-30)44-25/h7-25,30-33,35-42H,2-5,27-28H2,1H3,(H,29,34)/t7-,8-,9-,10-,11-,12-,13-,14+,15-,16-,17+,18-,19-,20-,21-,22-,23?,24+,25+,26-/m1/s1. The molecule has 0 radical (unpaired) electrons. The van der Waals surface area contributed by atoms with Gasteiger partial charge in [0.2, 0.25) is 5.91 Å². The average Bonchev–Trinajstić information content (AvgIpc) is 3.06. The molecular weight excluding hydrogens is 658 g/mol. The molecule has 48 heavy (non-hydrogen) atoms. The Labute approximate surface area is 272 Å². The number of rotatable bonds is 10. The quantitative estimate of drug-likeness (QED) is 0.100. The normalized spacial score (nSPS) is 51.8. The number of aliphatic hydroxyl groups excluding tert-OH is 11. The van der Waals surface area contributed by atoms with E-state index in [1.54, 1.807) is 0 Å². The molecule has 0 spiro atoms. The second kappa shape index (κ2) is 15.9. The number of nitrogens with two attached hydrogens (primary N) is 2. The van der Waals surface area contributed by atoms with E-state index < -0.39 is 154 Å². The molecule has 4 rings (SSSR count). The zero-order valence-electron chi connectivity index (χ0n) is 25.7. The summed E-state index contributed by atoms with van der Waals surface area (Å²) in [5.41, 5.74) is 9.69. The smallest absolute Gasteiger partial charge is 0.217 e. The van der Waals surface area contributed by atoms with Crippen LogP contribution in [0.1, 0.15) is 6.92 Å². The van der Waals surface area contributed by atoms with Crippen LogP contribution in [0.2, 0.25) is 0 Å². The number of hydrogen-bond donors (Lipinski definition) is 15. The summed E-state index contributed by atoms with van der Waals surface area (Å²) in [5, 5.41) is 128. The topological polar surface area (TPSA) is 379 Å². The van der Waals surface area contributed by atoms with Gasteiger partial charge in [0.1, 0.15) is 91.0 Å². The van der Waals surface area contributed by atoms with Crippen LogP contribution < -0.4 is 16.8 Å². The Balaban J connectivity index is 1.51. The number of nitrogens with one attached hydrogen (secondary N) is 1. The van der Waals surface area contributed by atoms with Crippen LogP contribution in [0.25, 0.3) is 0 Å². The molecule has 4 aliphatic heterocycles. The lowest BCUT2D eigenvalue weighted by molar-refractivity contribution is -0.365. The molecule has 0 aromatic carbocycles. The highest BCUT2D eigenvalue weighted by atomic mass is 16.7. The fourth-order valence-corrected chi connectivity index (χ4v) is 6.50. The largest absolute Gasteiger partial charge is 0.394 e. The molecule has 0 aromatic rings. The number of amides is 1. The van der Waals surface area contributed by atoms with Crippen molar-refractivity contribution in [3.8, 4) is 0 Å². The Bertz CT molecular complexity index is 1060. The van der Waals surface area contributed by atoms with Crippen LogP contribution in [0.3, 0.4) is 0 Å². The van der Waals surface area contributed by atoms with Gasteiger partial charge < -0.3 is 106 Å². The predicted octanol–water partition coefficient (Wildman–Crippen LogP) is -10.3. The van der Waals surface area contributed by atoms with Crippen LogP contribution >= 0.6 is 0 Å². The van der Waals surface area contributed by atoms with Gasteiger partial charge in [0.15, 0.2) is 18.9 Å². The molecule has 4 aliphatic rings. The van der Waals surface area contributed by atoms with Gasteiger partial charge in [-0.05, 0) is 0 Å². The van der Waals surface area contributed by atoms with Gasteiger partial charge in [0, 0.05) is 6.92 Å². The SMILES string of the molecule is CC(=O)N[C@H]1C(O)O[C@H](CO)[C@](O)([C@@H]2O[C@H](CO)[C@@H](O[C@@H]3O[C@H](CO)[C@@H](O[C@@H]4O[C@H](CO)[C@H](O)[C@H](O)[C@H]4O)[C@H](O)[C@H]3N)[C@H](O)[C@H]2N)[C@@H]1O. The second-order valence-electron chi connectivity index (χ2n) is 12.3. The van der Waals surface area contributed by atoms with E-state index in [1.807, 2.05) is 0 Å². The monoisotopic (exact) mass is 705 g/mol. The first-order valence-corrected chi connectivity index (χ1v) is 15.2. The van der Waals surface area contributed by atoms with Gasteiger partial charge in [0.25, 0.3) is 0 Å². The zero-order valence-corrected chi connectivity index (χ0v) is 25.7. The summed E-state index contributed by atoms with van der Waals surface area (Å²) in [5.74, 6) is -0.727. The molecule has 22 nitrogen and oxygen atoms in total. The highest BCUT2D eigenvalue weighted by Crippen LogP contribution is 2.39. The van der Waals surface area contributed by atoms with Gasteiger partial charge in [-0.3, -0.25) is 4.79 Å². The third-order valence-electron chi connectivity index (χ3n) is 9.21. The van der Waals surface area contributed by atoms with E-state index in [0.29, 0.717) is 0 Å². The van der Waals surface area contributed by atoms with Crippen molar-refractivity contribution < 1.29 is 94.5 Å². The molecule has 1 amide bonds. The summed E-state index contributed by atoms with van der Waals surface area (Å²) in [6.07, 6.45) is -27.6. The molecule has 20 atom stereocenters. The van der Waals surface area contributed by atoms with Crippen LogP contribution in [-0.2, 0) is 33.2 Å². The number of aliphatic hydroxyl groups is 12. The molecular formula is C26H47N3O19. The molecule has 4 saturated heterocycles. The van der Waals surface area contributed by atoms with Crippen molar-refractivity contribution in [1.29, 1.82) is 0 Å². The van der Waals surface area contributed by atoms with Crippen molar-refractivity contribution in [1.82, 2.24) is 5.32 Å². The van der Waals surface area contributed by atoms with E-state index in [9.17, 15) is 66.1 Å². The number of hydrogen-bond acceptors (Lipinski definition) is 21. The van der Waals surface area contributed by atoms with Crippen molar-refractivity contribution >= 4 is 5.91 Å². The molecule has 0 bridgehead atoms. The first-order valence-electron chi connectivity index (χ1n) is 15.2. The lowest BCUT2D eigenvalue weighted by atomic mass is 9.73. The molecule has 0 aliphatic carbocycles. The molecule has 0 saturated carbocycles. The lowest BCUT2D eigenvalue weighted by Gasteiger charge is -2.56. The first kappa shape index (κ1) is 39.5. The van der Waals surface area contributed by atoms with Gasteiger partial charge in [-0.1, -0.05) is 0 Å². The summed E-state index contributed by atoms with van der Waals surface area (Å²) >= 11 is 0. The van der Waals surface area contributed by atoms with Crippen molar-refractivity contribution in [2.75, 3.05) is 26.4 Å². The minimum atomic E-state index is -2.70. The highest BCUT2D eigenvalue weighted by Gasteiger charge is 2.64. The van der Waals surface area contributed by atoms with Crippen molar-refractivity contribution in [3.63, 3.8) is 0 Å². The second-order valence-corrected chi connectivity index (χ2v) is 12.3. The predicted molar refractivity (Wildman–Crippen MR) is 149 cm³/mol. The molecule has 17 N–H and O–H groups in total. The molecule has 280 valence electrons. The molecule has 4 fully saturated rings. The minimum absolute atomic E-state index is 0.727. The summed E-state index contributed by atoms with van der Waals surface area (Å²) in [6, 6.07) is -4.88. The van der Waals surface area contributed by atoms with E-state index in [-0.39, 0.29) is 0 Å². The molecule has 1 unspecified atom stereocenters. The Hall–Kier alpha value is -1.33. The number of carbonyl (C=O) groups excluding carboxylic acids is 1. The molecule has 22 heteroatoms. The third-order valence-corrected chi connectivity index (χ3v) is 9.21. The molecule has 4 heterocycles. The fourth-order valence-electron chi connectivity index (χ4n) is 6.50. The summed E-state index contributed by atoms with van der Waals surface area (Å²) in [6.45, 7) is -2.48. The van der Waals surface area contributed by atoms with Crippen LogP contribution in [0.4, 0.5) is 0 Å². The third kappa shape index (κ3) is 7.21. The highest BCUT2D eigenvalue weighted by molar-refractivity contribution is 5.73. The van der Waals surface area contributed by atoms with Crippen LogP contribution in [-0.4, -0.2) is 216 Å². The van der Waals surface area contributed by atoms with Gasteiger partial charge in [0.05, 0.1) is 38.5 Å².